The van der Waals surface area contributed by atoms with Crippen LogP contribution in [0.5, 0.6) is 0 Å². The van der Waals surface area contributed by atoms with Crippen molar-refractivity contribution in [3.05, 3.63) is 251 Å². The van der Waals surface area contributed by atoms with Crippen LogP contribution in [-0.2, 0) is 6.42 Å². The van der Waals surface area contributed by atoms with Gasteiger partial charge in [-0.2, -0.15) is 0 Å². The van der Waals surface area contributed by atoms with E-state index >= 15 is 0 Å². The molecular weight excluding hydrogens is 687 g/mol. The first-order chi connectivity index (χ1) is 27.9. The molecule has 0 N–H and O–H groups in total. The van der Waals surface area contributed by atoms with Gasteiger partial charge in [-0.1, -0.05) is 201 Å². The third-order valence-electron chi connectivity index (χ3n) is 10.7. The van der Waals surface area contributed by atoms with Gasteiger partial charge in [0, 0.05) is 11.1 Å². The first kappa shape index (κ1) is 36.9. The van der Waals surface area contributed by atoms with Gasteiger partial charge in [0.2, 0.25) is 0 Å². The summed E-state index contributed by atoms with van der Waals surface area (Å²) >= 11 is 0. The Kier molecular flexibility index (Phi) is 10.8. The predicted octanol–water partition coefficient (Wildman–Crippen LogP) is 14.8. The number of nitrogens with zero attached hydrogens (tertiary/aromatic N) is 1. The summed E-state index contributed by atoms with van der Waals surface area (Å²) in [6, 6.07) is 62.3. The molecule has 0 aliphatic heterocycles. The minimum absolute atomic E-state index is 0.715. The molecule has 0 aliphatic carbocycles. The van der Waals surface area contributed by atoms with Crippen LogP contribution < -0.4 is 0 Å². The van der Waals surface area contributed by atoms with E-state index in [0.29, 0.717) is 5.70 Å². The monoisotopic (exact) mass is 731 g/mol. The standard InChI is InChI=1S/C56H45N/c1-39-17-8-10-23-45(39)30-29-40(2)49-35-44(22-16-21-43-19-6-5-7-20-43)36-50(37-49)47-33-31-46(32-34-47)42(4)57-56(51-25-12-9-18-41(51)3)55-38-48-24-11-13-26-52(48)53-27-14-15-28-54(53)55/h5-21,23-38H,2,4,22H2,1,3H3/b21-16-,30-29-,57-56?. The van der Waals surface area contributed by atoms with Crippen LogP contribution in [0.25, 0.3) is 56.1 Å². The number of aliphatic imine (C=N–C) groups is 1. The molecule has 8 aromatic carbocycles. The van der Waals surface area contributed by atoms with Crippen LogP contribution in [0.1, 0.15) is 50.1 Å². The van der Waals surface area contributed by atoms with Crippen LogP contribution in [-0.4, -0.2) is 5.71 Å². The molecular formula is C56H45N. The van der Waals surface area contributed by atoms with Crippen molar-refractivity contribution in [1.82, 2.24) is 0 Å². The van der Waals surface area contributed by atoms with Crippen LogP contribution in [0.3, 0.4) is 0 Å². The summed E-state index contributed by atoms with van der Waals surface area (Å²) in [5.41, 5.74) is 15.2. The number of hydrogen-bond acceptors (Lipinski definition) is 1. The van der Waals surface area contributed by atoms with Crippen molar-refractivity contribution < 1.29 is 0 Å². The lowest BCUT2D eigenvalue weighted by Gasteiger charge is -2.16. The Hall–Kier alpha value is -7.09. The lowest BCUT2D eigenvalue weighted by atomic mass is 9.90. The summed E-state index contributed by atoms with van der Waals surface area (Å²) in [6.45, 7) is 13.3. The molecule has 0 amide bonds. The maximum absolute atomic E-state index is 5.36. The van der Waals surface area contributed by atoms with E-state index in [1.807, 2.05) is 6.07 Å². The fourth-order valence-corrected chi connectivity index (χ4v) is 7.53. The quantitative estimate of drug-likeness (QED) is 0.0713. The number of benzene rings is 8. The Morgan fingerprint density at radius 3 is 1.96 bits per heavy atom. The summed E-state index contributed by atoms with van der Waals surface area (Å²) < 4.78 is 0. The molecule has 0 aliphatic rings. The molecule has 0 saturated heterocycles. The number of fused-ring (bicyclic) bond motifs is 3. The summed E-state index contributed by atoms with van der Waals surface area (Å²) in [6.07, 6.45) is 9.51. The smallest absolute Gasteiger partial charge is 0.0790 e. The summed E-state index contributed by atoms with van der Waals surface area (Å²) in [7, 11) is 0. The maximum atomic E-state index is 5.36. The van der Waals surface area contributed by atoms with Gasteiger partial charge in [-0.15, -0.1) is 0 Å². The van der Waals surface area contributed by atoms with Crippen molar-refractivity contribution >= 4 is 50.7 Å². The van der Waals surface area contributed by atoms with Gasteiger partial charge in [0.05, 0.1) is 11.4 Å². The van der Waals surface area contributed by atoms with Gasteiger partial charge >= 0.3 is 0 Å². The van der Waals surface area contributed by atoms with Gasteiger partial charge in [0.15, 0.2) is 0 Å². The first-order valence-electron chi connectivity index (χ1n) is 19.5. The zero-order chi connectivity index (χ0) is 39.1. The Labute approximate surface area is 337 Å². The van der Waals surface area contributed by atoms with E-state index in [-0.39, 0.29) is 0 Å². The second kappa shape index (κ2) is 16.7. The fourth-order valence-electron chi connectivity index (χ4n) is 7.53. The van der Waals surface area contributed by atoms with Crippen molar-refractivity contribution in [1.29, 1.82) is 0 Å². The van der Waals surface area contributed by atoms with Crippen molar-refractivity contribution in [3.63, 3.8) is 0 Å². The third-order valence-corrected chi connectivity index (χ3v) is 10.7. The Morgan fingerprint density at radius 1 is 0.526 bits per heavy atom. The van der Waals surface area contributed by atoms with Crippen LogP contribution in [0.15, 0.2) is 206 Å². The Bertz CT molecular complexity index is 2850. The largest absolute Gasteiger partial charge is 0.248 e. The summed E-state index contributed by atoms with van der Waals surface area (Å²) in [5.74, 6) is 0. The lowest BCUT2D eigenvalue weighted by molar-refractivity contribution is 1.27. The molecule has 274 valence electrons. The molecule has 0 heterocycles. The number of rotatable bonds is 11. The molecule has 0 radical (unpaired) electrons. The van der Waals surface area contributed by atoms with E-state index in [2.05, 4.69) is 221 Å². The minimum atomic E-state index is 0.715. The molecule has 0 saturated carbocycles. The lowest BCUT2D eigenvalue weighted by Crippen LogP contribution is -2.07. The molecule has 57 heavy (non-hydrogen) atoms. The van der Waals surface area contributed by atoms with Crippen molar-refractivity contribution in [3.8, 4) is 11.1 Å². The molecule has 0 atom stereocenters. The van der Waals surface area contributed by atoms with Gasteiger partial charge in [0.1, 0.15) is 0 Å². The molecule has 0 fully saturated rings. The predicted molar refractivity (Wildman–Crippen MR) is 248 cm³/mol. The van der Waals surface area contributed by atoms with Gasteiger partial charge in [-0.3, -0.25) is 0 Å². The Balaban J connectivity index is 1.15. The van der Waals surface area contributed by atoms with E-state index in [0.717, 1.165) is 51.1 Å². The second-order valence-electron chi connectivity index (χ2n) is 14.6. The van der Waals surface area contributed by atoms with Crippen LogP contribution >= 0.6 is 0 Å². The van der Waals surface area contributed by atoms with Crippen molar-refractivity contribution in [2.45, 2.75) is 20.3 Å². The highest BCUT2D eigenvalue weighted by Crippen LogP contribution is 2.33. The topological polar surface area (TPSA) is 12.4 Å². The summed E-state index contributed by atoms with van der Waals surface area (Å²) in [4.78, 5) is 5.36. The highest BCUT2D eigenvalue weighted by molar-refractivity contribution is 6.25. The second-order valence-corrected chi connectivity index (χ2v) is 14.6. The number of allylic oxidation sites excluding steroid dienone is 3. The molecule has 0 bridgehead atoms. The van der Waals surface area contributed by atoms with Gasteiger partial charge < -0.3 is 0 Å². The van der Waals surface area contributed by atoms with Crippen molar-refractivity contribution in [2.75, 3.05) is 0 Å². The SMILES string of the molecule is C=C(/C=C\c1ccccc1C)c1cc(C/C=C\c2ccccc2)cc(-c2ccc(C(=C)N=C(c3ccccc3C)c3cc4ccccc4c4ccccc34)cc2)c1. The van der Waals surface area contributed by atoms with E-state index in [9.17, 15) is 0 Å². The first-order valence-corrected chi connectivity index (χ1v) is 19.5. The Morgan fingerprint density at radius 2 is 1.19 bits per heavy atom. The third kappa shape index (κ3) is 8.29. The normalized spacial score (nSPS) is 11.9. The van der Waals surface area contributed by atoms with Crippen LogP contribution in [0.2, 0.25) is 0 Å². The maximum Gasteiger partial charge on any atom is 0.0790 e. The average Bonchev–Trinajstić information content (AvgIpc) is 3.25. The average molecular weight is 732 g/mol. The van der Waals surface area contributed by atoms with Crippen LogP contribution in [0.4, 0.5) is 0 Å². The van der Waals surface area contributed by atoms with Crippen molar-refractivity contribution in [2.24, 2.45) is 4.99 Å². The number of aryl methyl sites for hydroxylation is 2. The molecule has 8 rings (SSSR count). The van der Waals surface area contributed by atoms with Crippen LogP contribution in [0, 0.1) is 13.8 Å². The van der Waals surface area contributed by atoms with E-state index in [4.69, 9.17) is 4.99 Å². The van der Waals surface area contributed by atoms with Gasteiger partial charge in [-0.25, -0.2) is 4.99 Å². The fraction of sp³-hybridized carbons (Fsp3) is 0.0536. The molecule has 0 unspecified atom stereocenters. The van der Waals surface area contributed by atoms with E-state index in [1.54, 1.807) is 0 Å². The molecule has 1 nitrogen and oxygen atoms in total. The minimum Gasteiger partial charge on any atom is -0.248 e. The molecule has 1 heteroatoms. The van der Waals surface area contributed by atoms with E-state index < -0.39 is 0 Å². The molecule has 8 aromatic rings. The van der Waals surface area contributed by atoms with Gasteiger partial charge in [0.25, 0.3) is 0 Å². The zero-order valence-electron chi connectivity index (χ0n) is 32.6. The highest BCUT2D eigenvalue weighted by Gasteiger charge is 2.16. The number of hydrogen-bond donors (Lipinski definition) is 0. The van der Waals surface area contributed by atoms with E-state index in [1.165, 1.54) is 49.4 Å². The molecule has 0 spiro atoms. The molecule has 0 aromatic heterocycles. The highest BCUT2D eigenvalue weighted by atomic mass is 14.8. The zero-order valence-corrected chi connectivity index (χ0v) is 32.6. The van der Waals surface area contributed by atoms with Gasteiger partial charge in [-0.05, 0) is 110 Å². The summed E-state index contributed by atoms with van der Waals surface area (Å²) in [5, 5.41) is 4.81.